The van der Waals surface area contributed by atoms with E-state index in [9.17, 15) is 9.59 Å². The lowest BCUT2D eigenvalue weighted by molar-refractivity contribution is 0.0594. The third-order valence-electron chi connectivity index (χ3n) is 2.45. The van der Waals surface area contributed by atoms with Crippen LogP contribution in [0.2, 0.25) is 0 Å². The van der Waals surface area contributed by atoms with Crippen LogP contribution in [0.3, 0.4) is 0 Å². The average molecular weight is 256 g/mol. The Morgan fingerprint density at radius 2 is 1.89 bits per heavy atom. The lowest BCUT2D eigenvalue weighted by Gasteiger charge is -2.06. The van der Waals surface area contributed by atoms with Gasteiger partial charge in [0, 0.05) is 17.4 Å². The summed E-state index contributed by atoms with van der Waals surface area (Å²) >= 11 is 0. The Kier molecular flexibility index (Phi) is 3.87. The van der Waals surface area contributed by atoms with E-state index in [1.54, 1.807) is 30.3 Å². The molecule has 1 aromatic heterocycles. The minimum atomic E-state index is -0.546. The van der Waals surface area contributed by atoms with Gasteiger partial charge in [-0.2, -0.15) is 0 Å². The predicted molar refractivity (Wildman–Crippen MR) is 70.0 cm³/mol. The van der Waals surface area contributed by atoms with Crippen LogP contribution in [0.4, 0.5) is 5.69 Å². The van der Waals surface area contributed by atoms with Crippen molar-refractivity contribution in [3.63, 3.8) is 0 Å². The summed E-state index contributed by atoms with van der Waals surface area (Å²) in [6.45, 7) is 0. The minimum Gasteiger partial charge on any atom is -0.464 e. The summed E-state index contributed by atoms with van der Waals surface area (Å²) < 4.78 is 4.57. The molecule has 5 heteroatoms. The van der Waals surface area contributed by atoms with Crippen LogP contribution in [0.5, 0.6) is 0 Å². The van der Waals surface area contributed by atoms with Crippen LogP contribution in [0.25, 0.3) is 0 Å². The molecular weight excluding hydrogens is 244 g/mol. The van der Waals surface area contributed by atoms with E-state index in [0.29, 0.717) is 11.3 Å². The van der Waals surface area contributed by atoms with Crippen molar-refractivity contribution in [3.05, 3.63) is 59.9 Å². The number of benzene rings is 1. The summed E-state index contributed by atoms with van der Waals surface area (Å²) in [5.41, 5.74) is 1.18. The second kappa shape index (κ2) is 5.77. The van der Waals surface area contributed by atoms with Crippen molar-refractivity contribution in [1.29, 1.82) is 0 Å². The lowest BCUT2D eigenvalue weighted by atomic mass is 10.2. The molecule has 1 amide bonds. The van der Waals surface area contributed by atoms with E-state index in [-0.39, 0.29) is 11.6 Å². The number of aromatic nitrogens is 1. The van der Waals surface area contributed by atoms with Gasteiger partial charge in [-0.15, -0.1) is 0 Å². The van der Waals surface area contributed by atoms with Crippen LogP contribution in [0, 0.1) is 0 Å². The molecule has 0 radical (unpaired) electrons. The first-order chi connectivity index (χ1) is 9.20. The molecule has 1 N–H and O–H groups in total. The summed E-state index contributed by atoms with van der Waals surface area (Å²) in [5, 5.41) is 2.69. The Morgan fingerprint density at radius 1 is 1.16 bits per heavy atom. The van der Waals surface area contributed by atoms with E-state index in [4.69, 9.17) is 0 Å². The van der Waals surface area contributed by atoms with Gasteiger partial charge in [0.05, 0.1) is 7.11 Å². The molecule has 0 aliphatic heterocycles. The SMILES string of the molecule is COC(=O)c1cc(NC(=O)c2ccccc2)ccn1. The van der Waals surface area contributed by atoms with Gasteiger partial charge >= 0.3 is 5.97 Å². The van der Waals surface area contributed by atoms with Crippen LogP contribution in [0.15, 0.2) is 48.7 Å². The van der Waals surface area contributed by atoms with E-state index in [2.05, 4.69) is 15.0 Å². The molecule has 1 heterocycles. The van der Waals surface area contributed by atoms with Crippen molar-refractivity contribution in [2.24, 2.45) is 0 Å². The number of ether oxygens (including phenoxy) is 1. The molecule has 0 spiro atoms. The molecule has 0 unspecified atom stereocenters. The maximum Gasteiger partial charge on any atom is 0.356 e. The molecule has 0 aliphatic rings. The topological polar surface area (TPSA) is 68.3 Å². The fraction of sp³-hybridized carbons (Fsp3) is 0.0714. The van der Waals surface area contributed by atoms with Gasteiger partial charge in [0.1, 0.15) is 5.69 Å². The first-order valence-electron chi connectivity index (χ1n) is 5.61. The first-order valence-corrected chi connectivity index (χ1v) is 5.61. The summed E-state index contributed by atoms with van der Waals surface area (Å²) in [7, 11) is 1.28. The molecule has 0 saturated heterocycles. The maximum absolute atomic E-state index is 11.9. The van der Waals surface area contributed by atoms with Crippen LogP contribution in [-0.2, 0) is 4.74 Å². The van der Waals surface area contributed by atoms with Crippen LogP contribution in [0.1, 0.15) is 20.8 Å². The number of hydrogen-bond donors (Lipinski definition) is 1. The Balaban J connectivity index is 2.16. The van der Waals surface area contributed by atoms with Crippen molar-refractivity contribution in [2.45, 2.75) is 0 Å². The quantitative estimate of drug-likeness (QED) is 0.854. The van der Waals surface area contributed by atoms with E-state index < -0.39 is 5.97 Å². The molecule has 1 aromatic carbocycles. The van der Waals surface area contributed by atoms with Crippen molar-refractivity contribution >= 4 is 17.6 Å². The van der Waals surface area contributed by atoms with E-state index >= 15 is 0 Å². The van der Waals surface area contributed by atoms with Crippen molar-refractivity contribution < 1.29 is 14.3 Å². The number of rotatable bonds is 3. The fourth-order valence-corrected chi connectivity index (χ4v) is 1.52. The highest BCUT2D eigenvalue weighted by molar-refractivity contribution is 6.04. The van der Waals surface area contributed by atoms with Gasteiger partial charge in [-0.3, -0.25) is 4.79 Å². The molecule has 96 valence electrons. The number of nitrogens with zero attached hydrogens (tertiary/aromatic N) is 1. The number of carbonyl (C=O) groups excluding carboxylic acids is 2. The van der Waals surface area contributed by atoms with Crippen molar-refractivity contribution in [2.75, 3.05) is 12.4 Å². The van der Waals surface area contributed by atoms with Crippen LogP contribution >= 0.6 is 0 Å². The fourth-order valence-electron chi connectivity index (χ4n) is 1.52. The van der Waals surface area contributed by atoms with Gasteiger partial charge < -0.3 is 10.1 Å². The third-order valence-corrected chi connectivity index (χ3v) is 2.45. The largest absolute Gasteiger partial charge is 0.464 e. The van der Waals surface area contributed by atoms with Gasteiger partial charge in [0.25, 0.3) is 5.91 Å². The van der Waals surface area contributed by atoms with Crippen LogP contribution < -0.4 is 5.32 Å². The van der Waals surface area contributed by atoms with Gasteiger partial charge in [-0.05, 0) is 24.3 Å². The second-order valence-electron chi connectivity index (χ2n) is 3.74. The van der Waals surface area contributed by atoms with Crippen LogP contribution in [-0.4, -0.2) is 24.0 Å². The molecule has 0 aliphatic carbocycles. The van der Waals surface area contributed by atoms with E-state index in [1.165, 1.54) is 19.4 Å². The number of amides is 1. The maximum atomic E-state index is 11.9. The molecule has 2 aromatic rings. The normalized spacial score (nSPS) is 9.74. The number of pyridine rings is 1. The second-order valence-corrected chi connectivity index (χ2v) is 3.74. The molecule has 0 bridgehead atoms. The number of methoxy groups -OCH3 is 1. The molecule has 0 saturated carbocycles. The first kappa shape index (κ1) is 12.8. The lowest BCUT2D eigenvalue weighted by Crippen LogP contribution is -2.13. The number of esters is 1. The minimum absolute atomic E-state index is 0.147. The monoisotopic (exact) mass is 256 g/mol. The number of hydrogen-bond acceptors (Lipinski definition) is 4. The molecule has 5 nitrogen and oxygen atoms in total. The molecule has 0 fully saturated rings. The zero-order valence-electron chi connectivity index (χ0n) is 10.3. The van der Waals surface area contributed by atoms with Gasteiger partial charge in [-0.25, -0.2) is 9.78 Å². The highest BCUT2D eigenvalue weighted by Gasteiger charge is 2.10. The van der Waals surface area contributed by atoms with Crippen molar-refractivity contribution in [1.82, 2.24) is 4.98 Å². The summed E-state index contributed by atoms with van der Waals surface area (Å²) in [6, 6.07) is 11.9. The van der Waals surface area contributed by atoms with Gasteiger partial charge in [-0.1, -0.05) is 18.2 Å². The zero-order chi connectivity index (χ0) is 13.7. The number of nitrogens with one attached hydrogen (secondary N) is 1. The van der Waals surface area contributed by atoms with Crippen molar-refractivity contribution in [3.8, 4) is 0 Å². The van der Waals surface area contributed by atoms with Gasteiger partial charge in [0.15, 0.2) is 0 Å². The summed E-state index contributed by atoms with van der Waals surface area (Å²) in [4.78, 5) is 27.1. The Hall–Kier alpha value is -2.69. The Labute approximate surface area is 110 Å². The summed E-state index contributed by atoms with van der Waals surface area (Å²) in [5.74, 6) is -0.793. The standard InChI is InChI=1S/C14H12N2O3/c1-19-14(18)12-9-11(7-8-15-12)16-13(17)10-5-3-2-4-6-10/h2-9H,1H3,(H,15,16,17). The van der Waals surface area contributed by atoms with E-state index in [1.807, 2.05) is 6.07 Å². The molecular formula is C14H12N2O3. The Morgan fingerprint density at radius 3 is 2.58 bits per heavy atom. The highest BCUT2D eigenvalue weighted by Crippen LogP contribution is 2.11. The molecule has 0 atom stereocenters. The molecule has 2 rings (SSSR count). The zero-order valence-corrected chi connectivity index (χ0v) is 10.3. The smallest absolute Gasteiger partial charge is 0.356 e. The predicted octanol–water partition coefficient (Wildman–Crippen LogP) is 2.12. The third kappa shape index (κ3) is 3.16. The average Bonchev–Trinajstić information content (AvgIpc) is 2.47. The molecule has 19 heavy (non-hydrogen) atoms. The Bertz CT molecular complexity index is 597. The number of carbonyl (C=O) groups is 2. The van der Waals surface area contributed by atoms with Gasteiger partial charge in [0.2, 0.25) is 0 Å². The summed E-state index contributed by atoms with van der Waals surface area (Å²) in [6.07, 6.45) is 1.44. The highest BCUT2D eigenvalue weighted by atomic mass is 16.5. The van der Waals surface area contributed by atoms with E-state index in [0.717, 1.165) is 0 Å². The number of anilines is 1.